The van der Waals surface area contributed by atoms with Crippen LogP contribution in [0.25, 0.3) is 0 Å². The van der Waals surface area contributed by atoms with Crippen LogP contribution in [-0.4, -0.2) is 18.8 Å². The van der Waals surface area contributed by atoms with Gasteiger partial charge in [-0.15, -0.1) is 0 Å². The molecule has 114 valence electrons. The highest BCUT2D eigenvalue weighted by Crippen LogP contribution is 2.29. The lowest BCUT2D eigenvalue weighted by atomic mass is 9.94. The molecule has 1 heterocycles. The van der Waals surface area contributed by atoms with E-state index in [9.17, 15) is 9.59 Å². The van der Waals surface area contributed by atoms with Crippen LogP contribution in [0.3, 0.4) is 0 Å². The molecule has 0 radical (unpaired) electrons. The number of ketones is 1. The van der Waals surface area contributed by atoms with E-state index < -0.39 is 0 Å². The fourth-order valence-electron chi connectivity index (χ4n) is 2.73. The zero-order valence-corrected chi connectivity index (χ0v) is 12.6. The third-order valence-electron chi connectivity index (χ3n) is 3.86. The highest BCUT2D eigenvalue weighted by molar-refractivity contribution is 6.07. The summed E-state index contributed by atoms with van der Waals surface area (Å²) < 4.78 is 10.7. The Bertz CT molecular complexity index is 728. The minimum absolute atomic E-state index is 0.0611. The summed E-state index contributed by atoms with van der Waals surface area (Å²) in [5, 5.41) is 2.77. The number of anilines is 1. The van der Waals surface area contributed by atoms with Gasteiger partial charge in [0.15, 0.2) is 11.5 Å². The fourth-order valence-corrected chi connectivity index (χ4v) is 2.73. The quantitative estimate of drug-likeness (QED) is 0.943. The van der Waals surface area contributed by atoms with Gasteiger partial charge in [-0.3, -0.25) is 9.59 Å². The first-order valence-electron chi connectivity index (χ1n) is 7.21. The molecule has 0 bridgehead atoms. The van der Waals surface area contributed by atoms with Crippen LogP contribution in [0.1, 0.15) is 45.1 Å². The van der Waals surface area contributed by atoms with Crippen molar-refractivity contribution in [1.29, 1.82) is 0 Å². The summed E-state index contributed by atoms with van der Waals surface area (Å²) in [5.74, 6) is 1.29. The molecule has 1 aliphatic carbocycles. The van der Waals surface area contributed by atoms with Crippen molar-refractivity contribution >= 4 is 17.4 Å². The number of fused-ring (bicyclic) bond motifs is 1. The predicted octanol–water partition coefficient (Wildman–Crippen LogP) is 3.37. The zero-order chi connectivity index (χ0) is 15.7. The summed E-state index contributed by atoms with van der Waals surface area (Å²) in [4.78, 5) is 24.3. The molecule has 0 saturated heterocycles. The molecule has 1 amide bonds. The van der Waals surface area contributed by atoms with Gasteiger partial charge in [-0.2, -0.15) is 0 Å². The summed E-state index contributed by atoms with van der Waals surface area (Å²) in [7, 11) is 1.58. The number of carbonyl (C=O) groups excluding carboxylic acids is 2. The van der Waals surface area contributed by atoms with Crippen molar-refractivity contribution < 1.29 is 18.7 Å². The number of ether oxygens (including phenoxy) is 1. The number of amides is 1. The molecule has 0 fully saturated rings. The lowest BCUT2D eigenvalue weighted by Crippen LogP contribution is -2.13. The summed E-state index contributed by atoms with van der Waals surface area (Å²) >= 11 is 0. The van der Waals surface area contributed by atoms with Crippen LogP contribution in [-0.2, 0) is 6.42 Å². The van der Waals surface area contributed by atoms with Crippen LogP contribution in [0, 0.1) is 6.92 Å². The van der Waals surface area contributed by atoms with Crippen molar-refractivity contribution in [2.24, 2.45) is 0 Å². The van der Waals surface area contributed by atoms with Gasteiger partial charge >= 0.3 is 0 Å². The van der Waals surface area contributed by atoms with Gasteiger partial charge in [0.05, 0.1) is 12.7 Å². The van der Waals surface area contributed by atoms with E-state index in [2.05, 4.69) is 5.32 Å². The number of nitrogens with one attached hydrogen (secondary N) is 1. The van der Waals surface area contributed by atoms with Gasteiger partial charge in [-0.05, 0) is 37.6 Å². The van der Waals surface area contributed by atoms with E-state index in [1.807, 2.05) is 0 Å². The molecular formula is C17H17NO4. The third-order valence-corrected chi connectivity index (χ3v) is 3.86. The maximum Gasteiger partial charge on any atom is 0.291 e. The van der Waals surface area contributed by atoms with E-state index in [4.69, 9.17) is 9.15 Å². The van der Waals surface area contributed by atoms with Gasteiger partial charge in [0.1, 0.15) is 11.5 Å². The normalized spacial score (nSPS) is 13.6. The lowest BCUT2D eigenvalue weighted by molar-refractivity contribution is 0.0963. The lowest BCUT2D eigenvalue weighted by Gasteiger charge is -2.07. The second-order valence-corrected chi connectivity index (χ2v) is 5.31. The van der Waals surface area contributed by atoms with E-state index in [0.29, 0.717) is 41.2 Å². The van der Waals surface area contributed by atoms with Crippen LogP contribution in [0.2, 0.25) is 0 Å². The summed E-state index contributed by atoms with van der Waals surface area (Å²) in [5.41, 5.74) is 1.86. The standard InChI is InChI=1S/C17H17NO4/c1-10-15-13(19)4-3-5-14(15)22-16(10)17(20)18-11-6-8-12(21-2)9-7-11/h6-9H,3-5H2,1-2H3,(H,18,20). The van der Waals surface area contributed by atoms with E-state index in [0.717, 1.165) is 6.42 Å². The van der Waals surface area contributed by atoms with Crippen molar-refractivity contribution in [3.05, 3.63) is 46.9 Å². The molecule has 1 aromatic heterocycles. The SMILES string of the molecule is COc1ccc(NC(=O)c2oc3c(c2C)C(=O)CCC3)cc1. The van der Waals surface area contributed by atoms with E-state index in [-0.39, 0.29) is 17.5 Å². The maximum absolute atomic E-state index is 12.4. The summed E-state index contributed by atoms with van der Waals surface area (Å²) in [6, 6.07) is 7.03. The van der Waals surface area contributed by atoms with Gasteiger partial charge in [-0.1, -0.05) is 0 Å². The summed E-state index contributed by atoms with van der Waals surface area (Å²) in [6.07, 6.45) is 2.00. The Morgan fingerprint density at radius 2 is 1.95 bits per heavy atom. The van der Waals surface area contributed by atoms with Crippen LogP contribution < -0.4 is 10.1 Å². The fraction of sp³-hybridized carbons (Fsp3) is 0.294. The van der Waals surface area contributed by atoms with Gasteiger partial charge in [-0.25, -0.2) is 0 Å². The molecule has 5 heteroatoms. The van der Waals surface area contributed by atoms with Crippen molar-refractivity contribution in [3.8, 4) is 5.75 Å². The molecular weight excluding hydrogens is 282 g/mol. The number of carbonyl (C=O) groups is 2. The Kier molecular flexibility index (Phi) is 3.71. The Hall–Kier alpha value is -2.56. The predicted molar refractivity (Wildman–Crippen MR) is 81.7 cm³/mol. The Morgan fingerprint density at radius 3 is 2.59 bits per heavy atom. The molecule has 3 rings (SSSR count). The zero-order valence-electron chi connectivity index (χ0n) is 12.6. The first-order valence-corrected chi connectivity index (χ1v) is 7.21. The molecule has 2 aromatic rings. The van der Waals surface area contributed by atoms with Crippen molar-refractivity contribution in [1.82, 2.24) is 0 Å². The number of methoxy groups -OCH3 is 1. The van der Waals surface area contributed by atoms with Gasteiger partial charge < -0.3 is 14.5 Å². The molecule has 1 N–H and O–H groups in total. The molecule has 0 atom stereocenters. The average Bonchev–Trinajstić information content (AvgIpc) is 2.86. The number of aryl methyl sites for hydroxylation is 1. The molecule has 0 unspecified atom stereocenters. The van der Waals surface area contributed by atoms with Crippen LogP contribution in [0.15, 0.2) is 28.7 Å². The van der Waals surface area contributed by atoms with E-state index in [1.54, 1.807) is 38.3 Å². The first-order chi connectivity index (χ1) is 10.6. The Balaban J connectivity index is 1.84. The molecule has 0 aliphatic heterocycles. The van der Waals surface area contributed by atoms with Crippen LogP contribution in [0.4, 0.5) is 5.69 Å². The number of furan rings is 1. The number of rotatable bonds is 3. The number of Topliss-reactive ketones (excluding diaryl/α,β-unsaturated/α-hetero) is 1. The van der Waals surface area contributed by atoms with E-state index >= 15 is 0 Å². The molecule has 22 heavy (non-hydrogen) atoms. The van der Waals surface area contributed by atoms with Crippen LogP contribution >= 0.6 is 0 Å². The topological polar surface area (TPSA) is 68.5 Å². The maximum atomic E-state index is 12.4. The average molecular weight is 299 g/mol. The smallest absolute Gasteiger partial charge is 0.291 e. The molecule has 1 aliphatic rings. The second-order valence-electron chi connectivity index (χ2n) is 5.31. The first kappa shape index (κ1) is 14.4. The number of benzene rings is 1. The van der Waals surface area contributed by atoms with Crippen molar-refractivity contribution in [3.63, 3.8) is 0 Å². The van der Waals surface area contributed by atoms with Gasteiger partial charge in [0.2, 0.25) is 0 Å². The van der Waals surface area contributed by atoms with E-state index in [1.165, 1.54) is 0 Å². The molecule has 5 nitrogen and oxygen atoms in total. The number of hydrogen-bond acceptors (Lipinski definition) is 4. The largest absolute Gasteiger partial charge is 0.497 e. The monoisotopic (exact) mass is 299 g/mol. The minimum Gasteiger partial charge on any atom is -0.497 e. The third kappa shape index (κ3) is 2.50. The van der Waals surface area contributed by atoms with Crippen molar-refractivity contribution in [2.75, 3.05) is 12.4 Å². The Morgan fingerprint density at radius 1 is 1.23 bits per heavy atom. The Labute approximate surface area is 128 Å². The van der Waals surface area contributed by atoms with Crippen LogP contribution in [0.5, 0.6) is 5.75 Å². The van der Waals surface area contributed by atoms with Crippen molar-refractivity contribution in [2.45, 2.75) is 26.2 Å². The summed E-state index contributed by atoms with van der Waals surface area (Å²) in [6.45, 7) is 1.76. The van der Waals surface area contributed by atoms with Gasteiger partial charge in [0, 0.05) is 24.1 Å². The minimum atomic E-state index is -0.343. The molecule has 0 spiro atoms. The molecule has 1 aromatic carbocycles. The van der Waals surface area contributed by atoms with Gasteiger partial charge in [0.25, 0.3) is 5.91 Å². The molecule has 0 saturated carbocycles. The highest BCUT2D eigenvalue weighted by atomic mass is 16.5. The number of hydrogen-bond donors (Lipinski definition) is 1. The highest BCUT2D eigenvalue weighted by Gasteiger charge is 2.28. The second kappa shape index (κ2) is 5.67.